The molecule has 0 spiro atoms. The van der Waals surface area contributed by atoms with Crippen LogP contribution in [0.1, 0.15) is 19.3 Å². The summed E-state index contributed by atoms with van der Waals surface area (Å²) in [5.74, 6) is 1.31. The van der Waals surface area contributed by atoms with Crippen molar-refractivity contribution in [1.29, 1.82) is 0 Å². The molecule has 1 saturated carbocycles. The zero-order valence-corrected chi connectivity index (χ0v) is 17.8. The fourth-order valence-electron chi connectivity index (χ4n) is 4.01. The van der Waals surface area contributed by atoms with Gasteiger partial charge in [0.25, 0.3) is 0 Å². The zero-order chi connectivity index (χ0) is 22.1. The molecule has 1 unspecified atom stereocenters. The fraction of sp³-hybridized carbons (Fsp3) is 0.391. The Hall–Kier alpha value is -3.33. The number of hydrogen-bond donors (Lipinski definition) is 2. The topological polar surface area (TPSA) is 96.3 Å². The van der Waals surface area contributed by atoms with E-state index >= 15 is 0 Å². The molecule has 3 aromatic rings. The van der Waals surface area contributed by atoms with Crippen LogP contribution in [0.25, 0.3) is 22.4 Å². The number of benzene rings is 1. The number of halogens is 1. The van der Waals surface area contributed by atoms with Crippen LogP contribution in [0.5, 0.6) is 11.6 Å². The summed E-state index contributed by atoms with van der Waals surface area (Å²) in [5, 5.41) is 30.4. The summed E-state index contributed by atoms with van der Waals surface area (Å²) in [7, 11) is 1.46. The summed E-state index contributed by atoms with van der Waals surface area (Å²) in [6.45, 7) is 2.93. The van der Waals surface area contributed by atoms with E-state index in [2.05, 4.69) is 30.6 Å². The second kappa shape index (κ2) is 8.66. The molecule has 0 bridgehead atoms. The third-order valence-corrected chi connectivity index (χ3v) is 6.07. The Labute approximate surface area is 185 Å². The fourth-order valence-corrected chi connectivity index (χ4v) is 4.01. The summed E-state index contributed by atoms with van der Waals surface area (Å²) in [4.78, 5) is 2.20. The minimum atomic E-state index is -0.511. The molecule has 0 amide bonds. The Morgan fingerprint density at radius 2 is 2.00 bits per heavy atom. The van der Waals surface area contributed by atoms with Gasteiger partial charge in [-0.15, -0.1) is 15.3 Å². The molecule has 2 N–H and O–H groups in total. The van der Waals surface area contributed by atoms with Gasteiger partial charge in [-0.1, -0.05) is 0 Å². The molecule has 8 nitrogen and oxygen atoms in total. The first kappa shape index (κ1) is 20.6. The summed E-state index contributed by atoms with van der Waals surface area (Å²) in [6, 6.07) is 8.28. The molecule has 2 fully saturated rings. The van der Waals surface area contributed by atoms with Crippen molar-refractivity contribution in [3.8, 4) is 34.0 Å². The highest BCUT2D eigenvalue weighted by atomic mass is 19.1. The van der Waals surface area contributed by atoms with Crippen LogP contribution in [0.2, 0.25) is 0 Å². The van der Waals surface area contributed by atoms with Crippen LogP contribution in [0, 0.1) is 11.7 Å². The first-order chi connectivity index (χ1) is 15.6. The first-order valence-corrected chi connectivity index (χ1v) is 10.8. The second-order valence-corrected chi connectivity index (χ2v) is 8.40. The second-order valence-electron chi connectivity index (χ2n) is 8.40. The molecule has 1 aromatic carbocycles. The Balaban J connectivity index is 1.32. The van der Waals surface area contributed by atoms with Crippen LogP contribution >= 0.6 is 0 Å². The van der Waals surface area contributed by atoms with Crippen molar-refractivity contribution in [1.82, 2.24) is 25.7 Å². The van der Waals surface area contributed by atoms with Crippen LogP contribution in [0.15, 0.2) is 36.5 Å². The lowest BCUT2D eigenvalue weighted by Gasteiger charge is -2.17. The predicted molar refractivity (Wildman–Crippen MR) is 118 cm³/mol. The molecule has 2 aromatic heterocycles. The van der Waals surface area contributed by atoms with Crippen LogP contribution in [-0.4, -0.2) is 58.3 Å². The monoisotopic (exact) mass is 436 g/mol. The lowest BCUT2D eigenvalue weighted by Crippen LogP contribution is -2.34. The smallest absolute Gasteiger partial charge is 0.233 e. The molecule has 1 aliphatic heterocycles. The van der Waals surface area contributed by atoms with Crippen LogP contribution < -0.4 is 15.0 Å². The molecular weight excluding hydrogens is 411 g/mol. The third-order valence-electron chi connectivity index (χ3n) is 6.07. The van der Waals surface area contributed by atoms with Crippen molar-refractivity contribution in [3.05, 3.63) is 42.3 Å². The van der Waals surface area contributed by atoms with Gasteiger partial charge in [0.1, 0.15) is 11.6 Å². The van der Waals surface area contributed by atoms with Gasteiger partial charge >= 0.3 is 0 Å². The van der Waals surface area contributed by atoms with E-state index in [1.165, 1.54) is 38.3 Å². The van der Waals surface area contributed by atoms with Gasteiger partial charge in [-0.2, -0.15) is 5.10 Å². The largest absolute Gasteiger partial charge is 0.507 e. The third kappa shape index (κ3) is 4.34. The molecule has 1 atom stereocenters. The highest BCUT2D eigenvalue weighted by Crippen LogP contribution is 2.35. The normalized spacial score (nSPS) is 18.2. The molecule has 32 heavy (non-hydrogen) atoms. The predicted octanol–water partition coefficient (Wildman–Crippen LogP) is 3.03. The number of rotatable bonds is 7. The Bertz CT molecular complexity index is 1110. The Morgan fingerprint density at radius 3 is 2.75 bits per heavy atom. The van der Waals surface area contributed by atoms with Crippen molar-refractivity contribution in [2.24, 2.45) is 5.92 Å². The maximum Gasteiger partial charge on any atom is 0.233 e. The highest BCUT2D eigenvalue weighted by Gasteiger charge is 2.27. The number of ether oxygens (including phenoxy) is 1. The molecule has 5 rings (SSSR count). The number of nitrogens with zero attached hydrogens (tertiary/aromatic N) is 5. The molecule has 1 saturated heterocycles. The van der Waals surface area contributed by atoms with Gasteiger partial charge < -0.3 is 20.1 Å². The Morgan fingerprint density at radius 1 is 1.12 bits per heavy atom. The van der Waals surface area contributed by atoms with Crippen molar-refractivity contribution in [2.45, 2.75) is 25.3 Å². The van der Waals surface area contributed by atoms with Gasteiger partial charge in [-0.05, 0) is 56.0 Å². The van der Waals surface area contributed by atoms with Crippen LogP contribution in [0.3, 0.4) is 0 Å². The van der Waals surface area contributed by atoms with Crippen molar-refractivity contribution < 1.29 is 14.2 Å². The summed E-state index contributed by atoms with van der Waals surface area (Å²) in [6.07, 6.45) is 5.19. The van der Waals surface area contributed by atoms with Gasteiger partial charge in [0.15, 0.2) is 5.82 Å². The maximum atomic E-state index is 14.9. The van der Waals surface area contributed by atoms with Crippen LogP contribution in [0.4, 0.5) is 10.2 Å². The first-order valence-electron chi connectivity index (χ1n) is 10.8. The molecule has 3 heterocycles. The quantitative estimate of drug-likeness (QED) is 0.584. The van der Waals surface area contributed by atoms with E-state index in [1.807, 2.05) is 6.07 Å². The average molecular weight is 436 g/mol. The number of hydrogen-bond acceptors (Lipinski definition) is 8. The van der Waals surface area contributed by atoms with Crippen molar-refractivity contribution >= 4 is 5.82 Å². The van der Waals surface area contributed by atoms with E-state index in [4.69, 9.17) is 4.74 Å². The Kier molecular flexibility index (Phi) is 5.57. The highest BCUT2D eigenvalue weighted by molar-refractivity contribution is 5.75. The van der Waals surface area contributed by atoms with Gasteiger partial charge in [0.05, 0.1) is 19.0 Å². The number of aromatic hydroxyl groups is 1. The van der Waals surface area contributed by atoms with E-state index in [0.29, 0.717) is 17.3 Å². The van der Waals surface area contributed by atoms with Gasteiger partial charge in [-0.25, -0.2) is 4.39 Å². The van der Waals surface area contributed by atoms with Gasteiger partial charge in [-0.3, -0.25) is 0 Å². The number of anilines is 1. The number of aromatic nitrogens is 4. The van der Waals surface area contributed by atoms with Crippen molar-refractivity contribution in [3.63, 3.8) is 0 Å². The van der Waals surface area contributed by atoms with E-state index in [0.717, 1.165) is 37.8 Å². The molecule has 0 radical (unpaired) electrons. The summed E-state index contributed by atoms with van der Waals surface area (Å²) in [5.41, 5.74) is 1.34. The molecular formula is C23H25FN6O2. The number of nitrogens with one attached hydrogen (secondary N) is 1. The molecule has 2 aliphatic rings. The lowest BCUT2D eigenvalue weighted by atomic mass is 10.0. The average Bonchev–Trinajstić information content (AvgIpc) is 3.54. The zero-order valence-electron chi connectivity index (χ0n) is 17.8. The van der Waals surface area contributed by atoms with Gasteiger partial charge in [0, 0.05) is 41.9 Å². The number of phenols is 1. The van der Waals surface area contributed by atoms with Crippen LogP contribution in [-0.2, 0) is 0 Å². The molecule has 166 valence electrons. The standard InChI is InChI=1S/C23H25FN6O2/c1-32-23-8-15(12-26-29-23)17-10-21(31)18(9-19(17)24)20-4-5-22(28-27-20)30-7-6-16(13-30)25-11-14-2-3-14/h4-5,8-10,12,14,16,25,31H,2-3,6-7,11,13H2,1H3. The lowest BCUT2D eigenvalue weighted by molar-refractivity contribution is 0.392. The molecule has 1 aliphatic carbocycles. The SMILES string of the molecule is COc1cc(-c2cc(O)c(-c3ccc(N4CCC(NCC5CC5)C4)nn3)cc2F)cnn1. The van der Waals surface area contributed by atoms with E-state index in [1.54, 1.807) is 12.1 Å². The van der Waals surface area contributed by atoms with E-state index < -0.39 is 5.82 Å². The van der Waals surface area contributed by atoms with E-state index in [-0.39, 0.29) is 22.8 Å². The number of methoxy groups -OCH3 is 1. The van der Waals surface area contributed by atoms with E-state index in [9.17, 15) is 9.50 Å². The van der Waals surface area contributed by atoms with Crippen molar-refractivity contribution in [2.75, 3.05) is 31.6 Å². The summed E-state index contributed by atoms with van der Waals surface area (Å²) < 4.78 is 19.9. The maximum absolute atomic E-state index is 14.9. The summed E-state index contributed by atoms with van der Waals surface area (Å²) >= 11 is 0. The number of phenolic OH excluding ortho intramolecular Hbond substituents is 1. The molecule has 9 heteroatoms. The minimum absolute atomic E-state index is 0.0928. The minimum Gasteiger partial charge on any atom is -0.507 e. The van der Waals surface area contributed by atoms with Gasteiger partial charge in [0.2, 0.25) is 5.88 Å².